The van der Waals surface area contributed by atoms with Crippen molar-refractivity contribution in [2.45, 2.75) is 0 Å². The highest BCUT2D eigenvalue weighted by Gasteiger charge is 2.09. The van der Waals surface area contributed by atoms with E-state index in [2.05, 4.69) is 5.32 Å². The van der Waals surface area contributed by atoms with E-state index in [-0.39, 0.29) is 11.3 Å². The van der Waals surface area contributed by atoms with E-state index in [0.29, 0.717) is 22.2 Å². The predicted octanol–water partition coefficient (Wildman–Crippen LogP) is 3.63. The lowest BCUT2D eigenvalue weighted by Crippen LogP contribution is -2.07. The maximum atomic E-state index is 11.9. The first kappa shape index (κ1) is 14.4. The smallest absolute Gasteiger partial charge is 0.347 e. The molecule has 2 N–H and O–H groups in total. The molecule has 0 amide bonds. The van der Waals surface area contributed by atoms with Crippen molar-refractivity contribution in [3.05, 3.63) is 82.3 Å². The summed E-state index contributed by atoms with van der Waals surface area (Å²) in [6.07, 6.45) is 1.29. The molecule has 3 rings (SSSR count). The van der Waals surface area contributed by atoms with Gasteiger partial charge in [-0.15, -0.1) is 0 Å². The van der Waals surface area contributed by atoms with E-state index in [1.54, 1.807) is 48.5 Å². The molecule has 0 unspecified atom stereocenters. The molecule has 1 aromatic heterocycles. The van der Waals surface area contributed by atoms with Gasteiger partial charge in [0.25, 0.3) is 0 Å². The summed E-state index contributed by atoms with van der Waals surface area (Å²) in [5.41, 5.74) is 1.02. The van der Waals surface area contributed by atoms with Crippen LogP contribution in [0, 0.1) is 11.3 Å². The van der Waals surface area contributed by atoms with E-state index in [9.17, 15) is 9.90 Å². The van der Waals surface area contributed by atoms with Crippen LogP contribution in [0.2, 0.25) is 0 Å². The molecule has 0 bridgehead atoms. The summed E-state index contributed by atoms with van der Waals surface area (Å²) in [6.45, 7) is 0. The third-order valence-corrected chi connectivity index (χ3v) is 3.28. The number of anilines is 1. The van der Waals surface area contributed by atoms with Crippen molar-refractivity contribution >= 4 is 22.4 Å². The third kappa shape index (κ3) is 3.06. The van der Waals surface area contributed by atoms with Gasteiger partial charge < -0.3 is 14.8 Å². The first-order valence-electron chi connectivity index (χ1n) is 6.86. The summed E-state index contributed by atoms with van der Waals surface area (Å²) in [7, 11) is 0. The molecule has 0 spiro atoms. The maximum Gasteiger partial charge on any atom is 0.347 e. The second-order valence-corrected chi connectivity index (χ2v) is 4.85. The Hall–Kier alpha value is -3.52. The van der Waals surface area contributed by atoms with Crippen LogP contribution < -0.4 is 10.9 Å². The number of aliphatic hydroxyl groups excluding tert-OH is 1. The van der Waals surface area contributed by atoms with Crippen molar-refractivity contribution in [1.29, 1.82) is 5.26 Å². The van der Waals surface area contributed by atoms with E-state index >= 15 is 0 Å². The molecule has 0 saturated heterocycles. The number of aliphatic hydroxyl groups is 1. The van der Waals surface area contributed by atoms with E-state index in [1.165, 1.54) is 6.20 Å². The molecule has 2 aromatic carbocycles. The van der Waals surface area contributed by atoms with Crippen LogP contribution in [0.1, 0.15) is 11.1 Å². The zero-order valence-corrected chi connectivity index (χ0v) is 12.0. The number of para-hydroxylation sites is 1. The van der Waals surface area contributed by atoms with Crippen LogP contribution in [-0.2, 0) is 0 Å². The van der Waals surface area contributed by atoms with Crippen molar-refractivity contribution in [3.8, 4) is 6.07 Å². The zero-order valence-electron chi connectivity index (χ0n) is 12.0. The molecule has 5 nitrogen and oxygen atoms in total. The van der Waals surface area contributed by atoms with Crippen LogP contribution in [0.15, 0.2) is 70.0 Å². The Balaban J connectivity index is 1.93. The molecule has 0 aliphatic rings. The fraction of sp³-hybridized carbons (Fsp3) is 0. The van der Waals surface area contributed by atoms with Crippen LogP contribution in [0.25, 0.3) is 16.7 Å². The van der Waals surface area contributed by atoms with Gasteiger partial charge in [-0.05, 0) is 30.3 Å². The summed E-state index contributed by atoms with van der Waals surface area (Å²) >= 11 is 0. The van der Waals surface area contributed by atoms with Crippen molar-refractivity contribution in [3.63, 3.8) is 0 Å². The average Bonchev–Trinajstić information content (AvgIpc) is 2.59. The van der Waals surface area contributed by atoms with Gasteiger partial charge in [-0.25, -0.2) is 4.79 Å². The minimum atomic E-state index is -0.620. The minimum Gasteiger partial charge on any atom is -0.506 e. The van der Waals surface area contributed by atoms with Crippen LogP contribution in [0.5, 0.6) is 0 Å². The number of fused-ring (bicyclic) bond motifs is 1. The molecule has 112 valence electrons. The Labute approximate surface area is 131 Å². The largest absolute Gasteiger partial charge is 0.506 e. The minimum absolute atomic E-state index is 0.0626. The van der Waals surface area contributed by atoms with Crippen LogP contribution in [-0.4, -0.2) is 5.11 Å². The molecule has 23 heavy (non-hydrogen) atoms. The number of hydrogen-bond acceptors (Lipinski definition) is 5. The molecular weight excluding hydrogens is 292 g/mol. The second kappa shape index (κ2) is 6.08. The molecule has 0 atom stereocenters. The summed E-state index contributed by atoms with van der Waals surface area (Å²) in [5, 5.41) is 22.5. The number of benzene rings is 2. The Morgan fingerprint density at radius 1 is 1.17 bits per heavy atom. The third-order valence-electron chi connectivity index (χ3n) is 3.28. The molecular formula is C18H12N2O3. The highest BCUT2D eigenvalue weighted by atomic mass is 16.4. The van der Waals surface area contributed by atoms with Crippen LogP contribution in [0.3, 0.4) is 0 Å². The summed E-state index contributed by atoms with van der Waals surface area (Å²) in [5.74, 6) is -0.244. The number of rotatable bonds is 3. The van der Waals surface area contributed by atoms with Crippen molar-refractivity contribution in [1.82, 2.24) is 0 Å². The lowest BCUT2D eigenvalue weighted by atomic mass is 10.1. The van der Waals surface area contributed by atoms with Gasteiger partial charge in [0.15, 0.2) is 0 Å². The van der Waals surface area contributed by atoms with Crippen LogP contribution in [0.4, 0.5) is 5.69 Å². The van der Waals surface area contributed by atoms with Gasteiger partial charge in [-0.3, -0.25) is 0 Å². The van der Waals surface area contributed by atoms with E-state index in [0.717, 1.165) is 0 Å². The topological polar surface area (TPSA) is 86.3 Å². The van der Waals surface area contributed by atoms with Gasteiger partial charge in [0, 0.05) is 17.3 Å². The van der Waals surface area contributed by atoms with E-state index in [4.69, 9.17) is 9.68 Å². The number of hydrogen-bond donors (Lipinski definition) is 2. The van der Waals surface area contributed by atoms with Crippen molar-refractivity contribution in [2.24, 2.45) is 0 Å². The number of nitrogens with zero attached hydrogens (tertiary/aromatic N) is 1. The molecule has 3 aromatic rings. The second-order valence-electron chi connectivity index (χ2n) is 4.85. The fourth-order valence-electron chi connectivity index (χ4n) is 2.15. The van der Waals surface area contributed by atoms with Crippen LogP contribution >= 0.6 is 0 Å². The summed E-state index contributed by atoms with van der Waals surface area (Å²) < 4.78 is 5.18. The van der Waals surface area contributed by atoms with Gasteiger partial charge in [-0.2, -0.15) is 5.26 Å². The maximum absolute atomic E-state index is 11.9. The van der Waals surface area contributed by atoms with E-state index in [1.807, 2.05) is 12.1 Å². The molecule has 0 radical (unpaired) electrons. The van der Waals surface area contributed by atoms with E-state index < -0.39 is 5.63 Å². The molecule has 0 fully saturated rings. The Morgan fingerprint density at radius 3 is 2.83 bits per heavy atom. The van der Waals surface area contributed by atoms with Gasteiger partial charge in [0.2, 0.25) is 0 Å². The van der Waals surface area contributed by atoms with Gasteiger partial charge in [0.1, 0.15) is 16.9 Å². The molecule has 0 aliphatic carbocycles. The zero-order chi connectivity index (χ0) is 16.2. The normalized spacial score (nSPS) is 11.2. The number of nitrogens with one attached hydrogen (secondary N) is 1. The quantitative estimate of drug-likeness (QED) is 0.570. The lowest BCUT2D eigenvalue weighted by molar-refractivity contribution is 0.497. The Kier molecular flexibility index (Phi) is 3.81. The first-order chi connectivity index (χ1) is 11.2. The van der Waals surface area contributed by atoms with Crippen molar-refractivity contribution in [2.75, 3.05) is 5.32 Å². The SMILES string of the molecule is N#Cc1cccc(N/C=C(\O)c2cc3ccccc3oc2=O)c1. The first-order valence-corrected chi connectivity index (χ1v) is 6.86. The van der Waals surface area contributed by atoms with Crippen molar-refractivity contribution < 1.29 is 9.52 Å². The molecule has 5 heteroatoms. The highest BCUT2D eigenvalue weighted by molar-refractivity contribution is 5.79. The molecule has 1 heterocycles. The highest BCUT2D eigenvalue weighted by Crippen LogP contribution is 2.17. The number of nitriles is 1. The van der Waals surface area contributed by atoms with Gasteiger partial charge in [0.05, 0.1) is 11.6 Å². The Bertz CT molecular complexity index is 997. The van der Waals surface area contributed by atoms with Gasteiger partial charge in [-0.1, -0.05) is 24.3 Å². The summed E-state index contributed by atoms with van der Waals surface area (Å²) in [6, 6.07) is 17.4. The summed E-state index contributed by atoms with van der Waals surface area (Å²) in [4.78, 5) is 11.9. The standard InChI is InChI=1S/C18H12N2O3/c19-10-12-4-3-6-14(8-12)20-11-16(21)15-9-13-5-1-2-7-17(13)23-18(15)22/h1-9,11,20-21H/b16-11-. The molecule has 0 saturated carbocycles. The van der Waals surface area contributed by atoms with Gasteiger partial charge >= 0.3 is 5.63 Å². The average molecular weight is 304 g/mol. The Morgan fingerprint density at radius 2 is 2.00 bits per heavy atom. The lowest BCUT2D eigenvalue weighted by Gasteiger charge is -2.04. The predicted molar refractivity (Wildman–Crippen MR) is 87.9 cm³/mol. The molecule has 0 aliphatic heterocycles. The fourth-order valence-corrected chi connectivity index (χ4v) is 2.15. The monoisotopic (exact) mass is 304 g/mol.